The summed E-state index contributed by atoms with van der Waals surface area (Å²) < 4.78 is 22.1. The minimum atomic E-state index is -2.81. The molecule has 0 atom stereocenters. The zero-order valence-corrected chi connectivity index (χ0v) is 9.26. The molecule has 2 nitrogen and oxygen atoms in total. The van der Waals surface area contributed by atoms with Gasteiger partial charge in [-0.05, 0) is 27.7 Å². The SMILES string of the molecule is CC(C)S(=O)(=O)C(C)C.[Ti]. The Hall–Kier alpha value is 0.664. The van der Waals surface area contributed by atoms with E-state index in [4.69, 9.17) is 0 Å². The van der Waals surface area contributed by atoms with Gasteiger partial charge in [-0.3, -0.25) is 0 Å². The summed E-state index contributed by atoms with van der Waals surface area (Å²) >= 11 is 0. The molecule has 0 heterocycles. The molecule has 60 valence electrons. The van der Waals surface area contributed by atoms with E-state index in [0.29, 0.717) is 0 Å². The molecule has 0 amide bonds. The second kappa shape index (κ2) is 4.52. The zero-order valence-electron chi connectivity index (χ0n) is 6.88. The van der Waals surface area contributed by atoms with E-state index in [9.17, 15) is 8.42 Å². The van der Waals surface area contributed by atoms with E-state index in [0.717, 1.165) is 0 Å². The van der Waals surface area contributed by atoms with Crippen LogP contribution < -0.4 is 0 Å². The van der Waals surface area contributed by atoms with Gasteiger partial charge in [0.15, 0.2) is 9.84 Å². The van der Waals surface area contributed by atoms with Gasteiger partial charge in [-0.25, -0.2) is 8.42 Å². The summed E-state index contributed by atoms with van der Waals surface area (Å²) in [6.07, 6.45) is 0. The summed E-state index contributed by atoms with van der Waals surface area (Å²) in [4.78, 5) is 0. The standard InChI is InChI=1S/C6H14O2S.Ti/c1-5(2)9(7,8)6(3)4;/h5-6H,1-4H3;. The van der Waals surface area contributed by atoms with Crippen molar-refractivity contribution in [3.8, 4) is 0 Å². The second-order valence-electron chi connectivity index (χ2n) is 2.69. The topological polar surface area (TPSA) is 34.1 Å². The van der Waals surface area contributed by atoms with Crippen LogP contribution in [0.1, 0.15) is 27.7 Å². The molecule has 0 unspecified atom stereocenters. The van der Waals surface area contributed by atoms with E-state index < -0.39 is 9.84 Å². The van der Waals surface area contributed by atoms with Gasteiger partial charge in [-0.15, -0.1) is 0 Å². The fourth-order valence-electron chi connectivity index (χ4n) is 0.544. The van der Waals surface area contributed by atoms with Crippen LogP contribution in [-0.2, 0) is 31.6 Å². The minimum absolute atomic E-state index is 0. The maximum absolute atomic E-state index is 11.0. The van der Waals surface area contributed by atoms with Crippen molar-refractivity contribution in [3.63, 3.8) is 0 Å². The molecule has 0 aromatic rings. The third-order valence-corrected chi connectivity index (χ3v) is 3.94. The Morgan fingerprint density at radius 2 is 1.10 bits per heavy atom. The third kappa shape index (κ3) is 3.17. The fourth-order valence-corrected chi connectivity index (χ4v) is 1.63. The Kier molecular flexibility index (Phi) is 6.00. The van der Waals surface area contributed by atoms with Gasteiger partial charge in [-0.1, -0.05) is 0 Å². The van der Waals surface area contributed by atoms with Gasteiger partial charge in [0.05, 0.1) is 10.5 Å². The smallest absolute Gasteiger partial charge is 0.154 e. The van der Waals surface area contributed by atoms with Crippen LogP contribution in [0.2, 0.25) is 0 Å². The van der Waals surface area contributed by atoms with Crippen LogP contribution in [0.3, 0.4) is 0 Å². The predicted molar refractivity (Wildman–Crippen MR) is 39.2 cm³/mol. The zero-order chi connectivity index (χ0) is 7.65. The summed E-state index contributed by atoms with van der Waals surface area (Å²) in [5.41, 5.74) is 0. The number of hydrogen-bond acceptors (Lipinski definition) is 2. The number of sulfone groups is 1. The van der Waals surface area contributed by atoms with Crippen LogP contribution in [0.25, 0.3) is 0 Å². The van der Waals surface area contributed by atoms with E-state index >= 15 is 0 Å². The molecule has 10 heavy (non-hydrogen) atoms. The Balaban J connectivity index is 0. The molecule has 0 bridgehead atoms. The van der Waals surface area contributed by atoms with Crippen molar-refractivity contribution in [2.24, 2.45) is 0 Å². The molecule has 0 aliphatic carbocycles. The minimum Gasteiger partial charge on any atom is -0.228 e. The summed E-state index contributed by atoms with van der Waals surface area (Å²) in [7, 11) is -2.81. The first-order valence-electron chi connectivity index (χ1n) is 3.11. The first-order chi connectivity index (χ1) is 3.89. The summed E-state index contributed by atoms with van der Waals surface area (Å²) in [5.74, 6) is 0. The average molecular weight is 198 g/mol. The Morgan fingerprint density at radius 1 is 0.900 bits per heavy atom. The maximum Gasteiger partial charge on any atom is 0.154 e. The van der Waals surface area contributed by atoms with Crippen molar-refractivity contribution in [3.05, 3.63) is 0 Å². The van der Waals surface area contributed by atoms with Gasteiger partial charge in [0, 0.05) is 21.7 Å². The molecule has 0 aromatic heterocycles. The van der Waals surface area contributed by atoms with Gasteiger partial charge in [0.2, 0.25) is 0 Å². The quantitative estimate of drug-likeness (QED) is 0.625. The van der Waals surface area contributed by atoms with Crippen molar-refractivity contribution in [1.82, 2.24) is 0 Å². The molecular formula is C6H14O2STi. The van der Waals surface area contributed by atoms with Crippen molar-refractivity contribution in [2.45, 2.75) is 38.2 Å². The van der Waals surface area contributed by atoms with Crippen LogP contribution in [0.4, 0.5) is 0 Å². The largest absolute Gasteiger partial charge is 0.228 e. The van der Waals surface area contributed by atoms with Crippen LogP contribution in [0, 0.1) is 0 Å². The Labute approximate surface area is 78.2 Å². The molecule has 0 saturated heterocycles. The molecule has 4 heteroatoms. The van der Waals surface area contributed by atoms with Gasteiger partial charge < -0.3 is 0 Å². The predicted octanol–water partition coefficient (Wildman–Crippen LogP) is 1.22. The molecule has 0 saturated carbocycles. The summed E-state index contributed by atoms with van der Waals surface area (Å²) in [6.45, 7) is 6.81. The van der Waals surface area contributed by atoms with Gasteiger partial charge in [0.25, 0.3) is 0 Å². The van der Waals surface area contributed by atoms with Gasteiger partial charge in [0.1, 0.15) is 0 Å². The van der Waals surface area contributed by atoms with Crippen LogP contribution >= 0.6 is 0 Å². The van der Waals surface area contributed by atoms with Crippen LogP contribution in [0.15, 0.2) is 0 Å². The monoisotopic (exact) mass is 198 g/mol. The molecule has 0 spiro atoms. The maximum atomic E-state index is 11.0. The first kappa shape index (κ1) is 13.3. The van der Waals surface area contributed by atoms with E-state index in [1.807, 2.05) is 0 Å². The number of hydrogen-bond donors (Lipinski definition) is 0. The molecule has 0 aromatic carbocycles. The Bertz CT molecular complexity index is 156. The van der Waals surface area contributed by atoms with E-state index in [2.05, 4.69) is 0 Å². The van der Waals surface area contributed by atoms with Crippen LogP contribution in [0.5, 0.6) is 0 Å². The molecule has 0 radical (unpaired) electrons. The average Bonchev–Trinajstić information content (AvgIpc) is 1.65. The summed E-state index contributed by atoms with van der Waals surface area (Å²) in [5, 5.41) is -0.477. The molecule has 0 rings (SSSR count). The molecule has 0 N–H and O–H groups in total. The van der Waals surface area contributed by atoms with E-state index in [1.54, 1.807) is 27.7 Å². The Morgan fingerprint density at radius 3 is 1.10 bits per heavy atom. The molecular weight excluding hydrogens is 184 g/mol. The third-order valence-electron chi connectivity index (χ3n) is 1.31. The molecule has 0 aliphatic rings. The van der Waals surface area contributed by atoms with Crippen molar-refractivity contribution >= 4 is 9.84 Å². The van der Waals surface area contributed by atoms with Crippen LogP contribution in [-0.4, -0.2) is 18.9 Å². The number of rotatable bonds is 2. The normalized spacial score (nSPS) is 11.8. The van der Waals surface area contributed by atoms with Crippen molar-refractivity contribution in [1.29, 1.82) is 0 Å². The van der Waals surface area contributed by atoms with Crippen molar-refractivity contribution < 1.29 is 30.1 Å². The second-order valence-corrected chi connectivity index (χ2v) is 5.75. The first-order valence-corrected chi connectivity index (χ1v) is 4.72. The molecule has 0 aliphatic heterocycles. The fraction of sp³-hybridized carbons (Fsp3) is 1.00. The van der Waals surface area contributed by atoms with E-state index in [1.165, 1.54) is 0 Å². The van der Waals surface area contributed by atoms with Gasteiger partial charge >= 0.3 is 0 Å². The molecule has 0 fully saturated rings. The van der Waals surface area contributed by atoms with Gasteiger partial charge in [-0.2, -0.15) is 0 Å². The summed E-state index contributed by atoms with van der Waals surface area (Å²) in [6, 6.07) is 0. The van der Waals surface area contributed by atoms with E-state index in [-0.39, 0.29) is 32.2 Å². The van der Waals surface area contributed by atoms with Crippen molar-refractivity contribution in [2.75, 3.05) is 0 Å².